The predicted molar refractivity (Wildman–Crippen MR) is 135 cm³/mol. The number of thioether (sulfide) groups is 1. The third-order valence-corrected chi connectivity index (χ3v) is 6.59. The summed E-state index contributed by atoms with van der Waals surface area (Å²) in [5.74, 6) is -0.0852. The topological polar surface area (TPSA) is 70.4 Å². The molecule has 170 valence electrons. The molecule has 1 heterocycles. The summed E-state index contributed by atoms with van der Waals surface area (Å²) in [6, 6.07) is 20.1. The van der Waals surface area contributed by atoms with Gasteiger partial charge < -0.3 is 4.74 Å². The number of hydrogen-bond donors (Lipinski definition) is 0. The quantitative estimate of drug-likeness (QED) is 0.335. The second kappa shape index (κ2) is 10.4. The van der Waals surface area contributed by atoms with Crippen LogP contribution in [0.4, 0.5) is 4.79 Å². The van der Waals surface area contributed by atoms with E-state index >= 15 is 0 Å². The zero-order valence-electron chi connectivity index (χ0n) is 18.0. The summed E-state index contributed by atoms with van der Waals surface area (Å²) in [6.07, 6.45) is 1.57. The Kier molecular flexibility index (Phi) is 7.28. The van der Waals surface area contributed by atoms with Crippen LogP contribution in [0.25, 0.3) is 6.08 Å². The first-order chi connectivity index (χ1) is 16.4. The molecule has 0 N–H and O–H groups in total. The molecule has 1 aliphatic rings. The zero-order valence-corrected chi connectivity index (χ0v) is 20.4. The molecule has 0 atom stereocenters. The van der Waals surface area contributed by atoms with Gasteiger partial charge in [0.25, 0.3) is 11.1 Å². The monoisotopic (exact) mass is 508 g/mol. The molecule has 0 unspecified atom stereocenters. The van der Waals surface area contributed by atoms with E-state index in [1.165, 1.54) is 0 Å². The van der Waals surface area contributed by atoms with Gasteiger partial charge in [-0.15, -0.1) is 0 Å². The van der Waals surface area contributed by atoms with E-state index < -0.39 is 11.1 Å². The fraction of sp³-hybridized carbons (Fsp3) is 0.115. The highest BCUT2D eigenvalue weighted by Crippen LogP contribution is 2.38. The SMILES string of the molecule is Cc1cccc(COc2c(Cl)cc(/C=C3/SC(=O)N(Cc4ccccc4C#N)C3=O)cc2Cl)c1. The van der Waals surface area contributed by atoms with Gasteiger partial charge in [-0.25, -0.2) is 0 Å². The third kappa shape index (κ3) is 5.28. The Labute approximate surface area is 211 Å². The minimum atomic E-state index is -0.435. The molecule has 8 heteroatoms. The molecule has 0 aromatic heterocycles. The Bertz CT molecular complexity index is 1340. The lowest BCUT2D eigenvalue weighted by molar-refractivity contribution is -0.123. The van der Waals surface area contributed by atoms with Crippen molar-refractivity contribution in [1.29, 1.82) is 5.26 Å². The summed E-state index contributed by atoms with van der Waals surface area (Å²) in [5, 5.41) is 9.47. The van der Waals surface area contributed by atoms with Crippen molar-refractivity contribution in [2.45, 2.75) is 20.1 Å². The molecule has 0 radical (unpaired) electrons. The molecule has 1 saturated heterocycles. The van der Waals surface area contributed by atoms with Crippen molar-refractivity contribution in [2.24, 2.45) is 0 Å². The van der Waals surface area contributed by atoms with Gasteiger partial charge in [0, 0.05) is 0 Å². The lowest BCUT2D eigenvalue weighted by atomic mass is 10.1. The predicted octanol–water partition coefficient (Wildman–Crippen LogP) is 6.99. The molecule has 34 heavy (non-hydrogen) atoms. The van der Waals surface area contributed by atoms with E-state index in [1.807, 2.05) is 31.2 Å². The van der Waals surface area contributed by atoms with E-state index in [0.29, 0.717) is 39.1 Å². The number of aryl methyl sites for hydroxylation is 1. The summed E-state index contributed by atoms with van der Waals surface area (Å²) < 4.78 is 5.83. The number of nitrogens with zero attached hydrogens (tertiary/aromatic N) is 2. The van der Waals surface area contributed by atoms with Crippen molar-refractivity contribution in [3.8, 4) is 11.8 Å². The van der Waals surface area contributed by atoms with E-state index in [2.05, 4.69) is 6.07 Å². The van der Waals surface area contributed by atoms with Crippen molar-refractivity contribution in [2.75, 3.05) is 0 Å². The molecule has 3 aromatic rings. The number of hydrogen-bond acceptors (Lipinski definition) is 5. The summed E-state index contributed by atoms with van der Waals surface area (Å²) >= 11 is 13.7. The maximum absolute atomic E-state index is 12.9. The van der Waals surface area contributed by atoms with Gasteiger partial charge in [-0.05, 0) is 59.7 Å². The minimum Gasteiger partial charge on any atom is -0.486 e. The van der Waals surface area contributed by atoms with Crippen molar-refractivity contribution >= 4 is 52.2 Å². The Morgan fingerprint density at radius 2 is 1.79 bits per heavy atom. The Morgan fingerprint density at radius 3 is 2.50 bits per heavy atom. The summed E-state index contributed by atoms with van der Waals surface area (Å²) in [4.78, 5) is 26.8. The van der Waals surface area contributed by atoms with Gasteiger partial charge in [0.2, 0.25) is 0 Å². The average Bonchev–Trinajstić information content (AvgIpc) is 3.06. The highest BCUT2D eigenvalue weighted by molar-refractivity contribution is 8.18. The van der Waals surface area contributed by atoms with Gasteiger partial charge in [-0.3, -0.25) is 14.5 Å². The molecular formula is C26H18Cl2N2O3S. The van der Waals surface area contributed by atoms with Crippen LogP contribution in [0.1, 0.15) is 27.8 Å². The number of benzene rings is 3. The van der Waals surface area contributed by atoms with E-state index in [0.717, 1.165) is 27.8 Å². The normalized spacial score (nSPS) is 14.5. The molecule has 2 amide bonds. The molecule has 0 bridgehead atoms. The van der Waals surface area contributed by atoms with Gasteiger partial charge in [0.05, 0.1) is 33.1 Å². The van der Waals surface area contributed by atoms with Gasteiger partial charge in [0.15, 0.2) is 5.75 Å². The number of amides is 2. The Morgan fingerprint density at radius 1 is 1.06 bits per heavy atom. The van der Waals surface area contributed by atoms with Crippen molar-refractivity contribution in [3.63, 3.8) is 0 Å². The van der Waals surface area contributed by atoms with Gasteiger partial charge >= 0.3 is 0 Å². The molecule has 0 spiro atoms. The first-order valence-corrected chi connectivity index (χ1v) is 11.8. The van der Waals surface area contributed by atoms with Crippen LogP contribution < -0.4 is 4.74 Å². The molecule has 1 aliphatic heterocycles. The molecular weight excluding hydrogens is 491 g/mol. The number of ether oxygens (including phenoxy) is 1. The third-order valence-electron chi connectivity index (χ3n) is 5.12. The molecule has 3 aromatic carbocycles. The maximum Gasteiger partial charge on any atom is 0.293 e. The standard InChI is InChI=1S/C26H18Cl2N2O3S/c1-16-5-4-6-17(9-16)15-33-24-21(27)10-18(11-22(24)28)12-23-25(31)30(26(32)34-23)14-20-8-3-2-7-19(20)13-29/h2-12H,14-15H2,1H3/b23-12+. The number of rotatable bonds is 6. The minimum absolute atomic E-state index is 0.0268. The van der Waals surface area contributed by atoms with Crippen LogP contribution in [-0.2, 0) is 17.9 Å². The highest BCUT2D eigenvalue weighted by Gasteiger charge is 2.35. The highest BCUT2D eigenvalue weighted by atomic mass is 35.5. The fourth-order valence-corrected chi connectivity index (χ4v) is 4.93. The second-order valence-corrected chi connectivity index (χ2v) is 9.44. The number of carbonyl (C=O) groups is 2. The van der Waals surface area contributed by atoms with Gasteiger partial charge in [-0.2, -0.15) is 5.26 Å². The van der Waals surface area contributed by atoms with E-state index in [9.17, 15) is 14.9 Å². The Hall–Kier alpha value is -3.24. The van der Waals surface area contributed by atoms with Crippen molar-refractivity contribution in [3.05, 3.63) is 103 Å². The summed E-state index contributed by atoms with van der Waals surface area (Å²) in [6.45, 7) is 2.34. The van der Waals surface area contributed by atoms with Crippen LogP contribution in [0.15, 0.2) is 65.6 Å². The summed E-state index contributed by atoms with van der Waals surface area (Å²) in [5.41, 5.74) is 3.71. The van der Waals surface area contributed by atoms with Crippen LogP contribution in [0.3, 0.4) is 0 Å². The van der Waals surface area contributed by atoms with Crippen molar-refractivity contribution in [1.82, 2.24) is 4.90 Å². The van der Waals surface area contributed by atoms with Crippen molar-refractivity contribution < 1.29 is 14.3 Å². The average molecular weight is 509 g/mol. The van der Waals surface area contributed by atoms with Crippen LogP contribution in [-0.4, -0.2) is 16.0 Å². The Balaban J connectivity index is 1.52. The lowest BCUT2D eigenvalue weighted by Gasteiger charge is -2.13. The fourth-order valence-electron chi connectivity index (χ4n) is 3.48. The number of nitriles is 1. The molecule has 4 rings (SSSR count). The first kappa shape index (κ1) is 23.9. The first-order valence-electron chi connectivity index (χ1n) is 10.3. The van der Waals surface area contributed by atoms with Crippen LogP contribution in [0.2, 0.25) is 10.0 Å². The lowest BCUT2D eigenvalue weighted by Crippen LogP contribution is -2.27. The van der Waals surface area contributed by atoms with Gasteiger partial charge in [-0.1, -0.05) is 71.2 Å². The van der Waals surface area contributed by atoms with Crippen LogP contribution in [0, 0.1) is 18.3 Å². The summed E-state index contributed by atoms with van der Waals surface area (Å²) in [7, 11) is 0. The smallest absolute Gasteiger partial charge is 0.293 e. The van der Waals surface area contributed by atoms with E-state index in [4.69, 9.17) is 27.9 Å². The number of imide groups is 1. The number of carbonyl (C=O) groups excluding carboxylic acids is 2. The van der Waals surface area contributed by atoms with E-state index in [1.54, 1.807) is 42.5 Å². The number of halogens is 2. The maximum atomic E-state index is 12.9. The van der Waals surface area contributed by atoms with Gasteiger partial charge in [0.1, 0.15) is 6.61 Å². The van der Waals surface area contributed by atoms with Crippen LogP contribution >= 0.6 is 35.0 Å². The largest absolute Gasteiger partial charge is 0.486 e. The zero-order chi connectivity index (χ0) is 24.2. The second-order valence-electron chi connectivity index (χ2n) is 7.63. The van der Waals surface area contributed by atoms with E-state index in [-0.39, 0.29) is 11.4 Å². The molecule has 0 aliphatic carbocycles. The van der Waals surface area contributed by atoms with Crippen LogP contribution in [0.5, 0.6) is 5.75 Å². The molecule has 1 fully saturated rings. The molecule has 0 saturated carbocycles. The molecule has 5 nitrogen and oxygen atoms in total.